The number of likely N-dealkylation sites (tertiary alicyclic amines) is 1. The van der Waals surface area contributed by atoms with E-state index in [0.29, 0.717) is 12.5 Å². The third kappa shape index (κ3) is 3.55. The number of carbonyl (C=O) groups excluding carboxylic acids is 1. The molecule has 1 spiro atoms. The number of rotatable bonds is 4. The van der Waals surface area contributed by atoms with E-state index in [-0.39, 0.29) is 17.2 Å². The summed E-state index contributed by atoms with van der Waals surface area (Å²) in [6.45, 7) is 10.4. The zero-order chi connectivity index (χ0) is 19.0. The van der Waals surface area contributed by atoms with Crippen molar-refractivity contribution in [1.29, 1.82) is 0 Å². The van der Waals surface area contributed by atoms with Gasteiger partial charge >= 0.3 is 0 Å². The SMILES string of the molecule is Cc1ccc(C(=O)N2CC(c3nncn3CC(C)C)C3(CCOCC3)C2)s1. The lowest BCUT2D eigenvalue weighted by atomic mass is 9.71. The second-order valence-electron chi connectivity index (χ2n) is 8.36. The maximum absolute atomic E-state index is 13.1. The number of thiophene rings is 1. The predicted molar refractivity (Wildman–Crippen MR) is 105 cm³/mol. The monoisotopic (exact) mass is 388 g/mol. The van der Waals surface area contributed by atoms with E-state index in [2.05, 4.69) is 28.6 Å². The van der Waals surface area contributed by atoms with E-state index in [1.165, 1.54) is 4.88 Å². The quantitative estimate of drug-likeness (QED) is 0.806. The van der Waals surface area contributed by atoms with Gasteiger partial charge in [0, 0.05) is 49.1 Å². The van der Waals surface area contributed by atoms with Crippen molar-refractivity contribution in [2.24, 2.45) is 11.3 Å². The summed E-state index contributed by atoms with van der Waals surface area (Å²) in [5.74, 6) is 1.92. The highest BCUT2D eigenvalue weighted by molar-refractivity contribution is 7.13. The summed E-state index contributed by atoms with van der Waals surface area (Å²) in [5, 5.41) is 8.72. The Balaban J connectivity index is 1.65. The highest BCUT2D eigenvalue weighted by atomic mass is 32.1. The van der Waals surface area contributed by atoms with Crippen molar-refractivity contribution in [3.8, 4) is 0 Å². The van der Waals surface area contributed by atoms with Crippen LogP contribution in [0.25, 0.3) is 0 Å². The van der Waals surface area contributed by atoms with E-state index < -0.39 is 0 Å². The molecule has 0 aliphatic carbocycles. The molecule has 1 unspecified atom stereocenters. The lowest BCUT2D eigenvalue weighted by Gasteiger charge is -2.37. The molecule has 2 fully saturated rings. The summed E-state index contributed by atoms with van der Waals surface area (Å²) in [4.78, 5) is 17.2. The first-order valence-corrected chi connectivity index (χ1v) is 10.6. The molecule has 1 atom stereocenters. The normalized spacial score (nSPS) is 22.1. The molecule has 2 aliphatic heterocycles. The van der Waals surface area contributed by atoms with Gasteiger partial charge in [-0.15, -0.1) is 21.5 Å². The number of aromatic nitrogens is 3. The van der Waals surface area contributed by atoms with Crippen LogP contribution in [0.3, 0.4) is 0 Å². The number of nitrogens with zero attached hydrogens (tertiary/aromatic N) is 4. The maximum Gasteiger partial charge on any atom is 0.263 e. The van der Waals surface area contributed by atoms with Crippen LogP contribution in [-0.2, 0) is 11.3 Å². The zero-order valence-corrected chi connectivity index (χ0v) is 17.2. The van der Waals surface area contributed by atoms with Crippen molar-refractivity contribution in [2.75, 3.05) is 26.3 Å². The third-order valence-electron chi connectivity index (χ3n) is 5.89. The molecular weight excluding hydrogens is 360 g/mol. The van der Waals surface area contributed by atoms with E-state index in [4.69, 9.17) is 4.74 Å². The number of amides is 1. The minimum Gasteiger partial charge on any atom is -0.381 e. The molecule has 2 aromatic heterocycles. The smallest absolute Gasteiger partial charge is 0.263 e. The van der Waals surface area contributed by atoms with Crippen LogP contribution in [0.1, 0.15) is 53.0 Å². The van der Waals surface area contributed by atoms with Gasteiger partial charge in [0.1, 0.15) is 12.2 Å². The molecule has 1 amide bonds. The molecule has 0 radical (unpaired) electrons. The minimum absolute atomic E-state index is 0.0436. The predicted octanol–water partition coefficient (Wildman–Crippen LogP) is 3.34. The molecule has 4 rings (SSSR count). The Morgan fingerprint density at radius 2 is 2.15 bits per heavy atom. The van der Waals surface area contributed by atoms with Crippen molar-refractivity contribution < 1.29 is 9.53 Å². The molecule has 2 aromatic rings. The van der Waals surface area contributed by atoms with Gasteiger partial charge in [-0.1, -0.05) is 13.8 Å². The maximum atomic E-state index is 13.1. The van der Waals surface area contributed by atoms with E-state index in [1.54, 1.807) is 11.3 Å². The Hall–Kier alpha value is -1.73. The molecule has 0 saturated carbocycles. The minimum atomic E-state index is 0.0436. The van der Waals surface area contributed by atoms with Crippen molar-refractivity contribution in [3.05, 3.63) is 34.0 Å². The van der Waals surface area contributed by atoms with E-state index in [1.807, 2.05) is 30.3 Å². The fraction of sp³-hybridized carbons (Fsp3) is 0.650. The first-order valence-electron chi connectivity index (χ1n) is 9.80. The average Bonchev–Trinajstić information content (AvgIpc) is 3.34. The lowest BCUT2D eigenvalue weighted by molar-refractivity contribution is 0.0107. The molecule has 2 aliphatic rings. The molecule has 146 valence electrons. The summed E-state index contributed by atoms with van der Waals surface area (Å²) in [7, 11) is 0. The summed E-state index contributed by atoms with van der Waals surface area (Å²) < 4.78 is 7.85. The van der Waals surface area contributed by atoms with Crippen LogP contribution in [0.15, 0.2) is 18.5 Å². The Kier molecular flexibility index (Phi) is 5.07. The highest BCUT2D eigenvalue weighted by Gasteiger charge is 2.51. The largest absolute Gasteiger partial charge is 0.381 e. The number of carbonyl (C=O) groups is 1. The second-order valence-corrected chi connectivity index (χ2v) is 9.65. The van der Waals surface area contributed by atoms with Crippen molar-refractivity contribution in [2.45, 2.75) is 46.1 Å². The molecule has 0 bridgehead atoms. The first kappa shape index (κ1) is 18.6. The molecule has 0 aromatic carbocycles. The van der Waals surface area contributed by atoms with Gasteiger partial charge in [0.05, 0.1) is 4.88 Å². The van der Waals surface area contributed by atoms with Crippen LogP contribution in [0.5, 0.6) is 0 Å². The average molecular weight is 389 g/mol. The molecule has 2 saturated heterocycles. The van der Waals surface area contributed by atoms with E-state index >= 15 is 0 Å². The van der Waals surface area contributed by atoms with Gasteiger partial charge < -0.3 is 14.2 Å². The molecule has 0 N–H and O–H groups in total. The fourth-order valence-electron chi connectivity index (χ4n) is 4.54. The van der Waals surface area contributed by atoms with Crippen LogP contribution < -0.4 is 0 Å². The Labute approximate surface area is 164 Å². The summed E-state index contributed by atoms with van der Waals surface area (Å²) in [6.07, 6.45) is 3.79. The van der Waals surface area contributed by atoms with Crippen LogP contribution >= 0.6 is 11.3 Å². The van der Waals surface area contributed by atoms with Gasteiger partial charge in [0.2, 0.25) is 0 Å². The Morgan fingerprint density at radius 1 is 1.37 bits per heavy atom. The molecule has 6 nitrogen and oxygen atoms in total. The fourth-order valence-corrected chi connectivity index (χ4v) is 5.37. The van der Waals surface area contributed by atoms with Crippen molar-refractivity contribution >= 4 is 17.2 Å². The topological polar surface area (TPSA) is 60.2 Å². The lowest BCUT2D eigenvalue weighted by Crippen LogP contribution is -2.37. The van der Waals surface area contributed by atoms with Crippen LogP contribution in [0.4, 0.5) is 0 Å². The summed E-state index contributed by atoms with van der Waals surface area (Å²) in [5.41, 5.74) is 0.0436. The zero-order valence-electron chi connectivity index (χ0n) is 16.4. The van der Waals surface area contributed by atoms with Gasteiger partial charge in [0.15, 0.2) is 0 Å². The first-order chi connectivity index (χ1) is 13.0. The number of ether oxygens (including phenoxy) is 1. The van der Waals surface area contributed by atoms with Gasteiger partial charge in [-0.3, -0.25) is 4.79 Å². The van der Waals surface area contributed by atoms with Gasteiger partial charge in [-0.2, -0.15) is 0 Å². The Morgan fingerprint density at radius 3 is 2.81 bits per heavy atom. The van der Waals surface area contributed by atoms with Crippen molar-refractivity contribution in [3.63, 3.8) is 0 Å². The van der Waals surface area contributed by atoms with Crippen LogP contribution in [0.2, 0.25) is 0 Å². The van der Waals surface area contributed by atoms with Gasteiger partial charge in [-0.05, 0) is 37.8 Å². The summed E-state index contributed by atoms with van der Waals surface area (Å²) in [6, 6.07) is 3.97. The Bertz CT molecular complexity index is 807. The van der Waals surface area contributed by atoms with Gasteiger partial charge in [-0.25, -0.2) is 0 Å². The van der Waals surface area contributed by atoms with Crippen molar-refractivity contribution in [1.82, 2.24) is 19.7 Å². The third-order valence-corrected chi connectivity index (χ3v) is 6.88. The van der Waals surface area contributed by atoms with Crippen LogP contribution in [-0.4, -0.2) is 51.9 Å². The molecule has 27 heavy (non-hydrogen) atoms. The number of hydrogen-bond donors (Lipinski definition) is 0. The van der Waals surface area contributed by atoms with Gasteiger partial charge in [0.25, 0.3) is 5.91 Å². The van der Waals surface area contributed by atoms with E-state index in [9.17, 15) is 4.79 Å². The molecule has 4 heterocycles. The molecule has 7 heteroatoms. The number of aryl methyl sites for hydroxylation is 1. The highest BCUT2D eigenvalue weighted by Crippen LogP contribution is 2.49. The van der Waals surface area contributed by atoms with E-state index in [0.717, 1.165) is 49.8 Å². The standard InChI is InChI=1S/C20H28N4O2S/c1-14(2)10-24-13-21-22-18(24)16-11-23(12-20(16)6-8-26-9-7-20)19(25)17-5-4-15(3)27-17/h4-5,13-14,16H,6-12H2,1-3H3. The van der Waals surface area contributed by atoms with Crippen LogP contribution in [0, 0.1) is 18.3 Å². The molecular formula is C20H28N4O2S. The number of hydrogen-bond acceptors (Lipinski definition) is 5. The summed E-state index contributed by atoms with van der Waals surface area (Å²) >= 11 is 1.58. The second kappa shape index (κ2) is 7.36.